The van der Waals surface area contributed by atoms with Crippen LogP contribution in [0.5, 0.6) is 5.75 Å². The van der Waals surface area contributed by atoms with E-state index in [9.17, 15) is 4.79 Å². The number of hydrogen-bond donors (Lipinski definition) is 1. The molecule has 1 amide bonds. The quantitative estimate of drug-likeness (QED) is 0.442. The van der Waals surface area contributed by atoms with Crippen molar-refractivity contribution in [1.29, 1.82) is 0 Å². The molecular weight excluding hydrogens is 430 g/mol. The number of ether oxygens (including phenoxy) is 2. The highest BCUT2D eigenvalue weighted by Crippen LogP contribution is 2.25. The predicted octanol–water partition coefficient (Wildman–Crippen LogP) is 4.75. The normalized spacial score (nSPS) is 16.5. The van der Waals surface area contributed by atoms with Gasteiger partial charge in [-0.05, 0) is 49.9 Å². The van der Waals surface area contributed by atoms with Gasteiger partial charge in [-0.15, -0.1) is 0 Å². The van der Waals surface area contributed by atoms with Crippen molar-refractivity contribution in [2.45, 2.75) is 51.9 Å². The average molecular weight is 464 g/mol. The Hall–Kier alpha value is -3.16. The van der Waals surface area contributed by atoms with Crippen molar-refractivity contribution in [3.8, 4) is 5.75 Å². The topological polar surface area (TPSA) is 76.8 Å². The van der Waals surface area contributed by atoms with Crippen molar-refractivity contribution in [3.63, 3.8) is 0 Å². The van der Waals surface area contributed by atoms with Crippen molar-refractivity contribution < 1.29 is 18.7 Å². The Labute approximate surface area is 201 Å². The fourth-order valence-corrected chi connectivity index (χ4v) is 4.13. The van der Waals surface area contributed by atoms with E-state index in [1.807, 2.05) is 37.3 Å². The SMILES string of the molecule is CCOc1ccc(CN(Cc2nc(C(=O)NCC3CCCO3)co2)C(C)c2ccccc2)cc1. The largest absolute Gasteiger partial charge is 0.494 e. The number of amides is 1. The van der Waals surface area contributed by atoms with E-state index < -0.39 is 0 Å². The number of oxazole rings is 1. The van der Waals surface area contributed by atoms with Gasteiger partial charge in [0.2, 0.25) is 5.89 Å². The molecule has 2 unspecified atom stereocenters. The predicted molar refractivity (Wildman–Crippen MR) is 130 cm³/mol. The van der Waals surface area contributed by atoms with Crippen LogP contribution in [-0.4, -0.2) is 41.7 Å². The lowest BCUT2D eigenvalue weighted by atomic mass is 10.1. The molecule has 0 radical (unpaired) electrons. The second-order valence-electron chi connectivity index (χ2n) is 8.54. The van der Waals surface area contributed by atoms with Gasteiger partial charge in [0.05, 0.1) is 19.3 Å². The van der Waals surface area contributed by atoms with Crippen LogP contribution in [0, 0.1) is 0 Å². The van der Waals surface area contributed by atoms with E-state index in [4.69, 9.17) is 13.9 Å². The van der Waals surface area contributed by atoms with E-state index in [0.717, 1.165) is 30.8 Å². The van der Waals surface area contributed by atoms with Crippen LogP contribution in [0.4, 0.5) is 0 Å². The third kappa shape index (κ3) is 6.46. The van der Waals surface area contributed by atoms with Crippen LogP contribution in [0.2, 0.25) is 0 Å². The maximum absolute atomic E-state index is 12.5. The smallest absolute Gasteiger partial charge is 0.273 e. The summed E-state index contributed by atoms with van der Waals surface area (Å²) in [6.45, 7) is 7.22. The van der Waals surface area contributed by atoms with Crippen LogP contribution >= 0.6 is 0 Å². The minimum Gasteiger partial charge on any atom is -0.494 e. The maximum Gasteiger partial charge on any atom is 0.273 e. The molecule has 1 aliphatic rings. The average Bonchev–Trinajstić information content (AvgIpc) is 3.56. The molecule has 7 heteroatoms. The summed E-state index contributed by atoms with van der Waals surface area (Å²) in [7, 11) is 0. The number of aromatic nitrogens is 1. The van der Waals surface area contributed by atoms with Crippen LogP contribution in [0.15, 0.2) is 65.3 Å². The van der Waals surface area contributed by atoms with E-state index in [-0.39, 0.29) is 18.1 Å². The Morgan fingerprint density at radius 3 is 2.68 bits per heavy atom. The van der Waals surface area contributed by atoms with Gasteiger partial charge in [-0.1, -0.05) is 42.5 Å². The third-order valence-corrected chi connectivity index (χ3v) is 6.09. The van der Waals surface area contributed by atoms with E-state index >= 15 is 0 Å². The number of rotatable bonds is 11. The molecule has 4 rings (SSSR count). The molecule has 1 aliphatic heterocycles. The van der Waals surface area contributed by atoms with Gasteiger partial charge in [0, 0.05) is 25.7 Å². The highest BCUT2D eigenvalue weighted by Gasteiger charge is 2.22. The Morgan fingerprint density at radius 2 is 1.97 bits per heavy atom. The maximum atomic E-state index is 12.5. The van der Waals surface area contributed by atoms with Gasteiger partial charge in [0.25, 0.3) is 5.91 Å². The summed E-state index contributed by atoms with van der Waals surface area (Å²) in [6.07, 6.45) is 3.54. The molecule has 1 N–H and O–H groups in total. The van der Waals surface area contributed by atoms with Gasteiger partial charge in [0.1, 0.15) is 12.0 Å². The highest BCUT2D eigenvalue weighted by atomic mass is 16.5. The molecule has 34 heavy (non-hydrogen) atoms. The first-order chi connectivity index (χ1) is 16.6. The second-order valence-corrected chi connectivity index (χ2v) is 8.54. The lowest BCUT2D eigenvalue weighted by Crippen LogP contribution is -2.32. The first-order valence-corrected chi connectivity index (χ1v) is 12.0. The molecule has 1 aromatic heterocycles. The lowest BCUT2D eigenvalue weighted by molar-refractivity contribution is 0.0853. The van der Waals surface area contributed by atoms with Crippen LogP contribution in [0.1, 0.15) is 60.2 Å². The second kappa shape index (κ2) is 11.8. The molecule has 0 saturated carbocycles. The third-order valence-electron chi connectivity index (χ3n) is 6.09. The molecular formula is C27H33N3O4. The molecule has 0 bridgehead atoms. The molecule has 1 fully saturated rings. The molecule has 1 saturated heterocycles. The highest BCUT2D eigenvalue weighted by molar-refractivity contribution is 5.91. The van der Waals surface area contributed by atoms with Crippen molar-refractivity contribution in [1.82, 2.24) is 15.2 Å². The monoisotopic (exact) mass is 463 g/mol. The molecule has 180 valence electrons. The molecule has 2 heterocycles. The summed E-state index contributed by atoms with van der Waals surface area (Å²) in [4.78, 5) is 19.3. The number of nitrogens with one attached hydrogen (secondary N) is 1. The summed E-state index contributed by atoms with van der Waals surface area (Å²) >= 11 is 0. The molecule has 0 aliphatic carbocycles. The van der Waals surface area contributed by atoms with Crippen molar-refractivity contribution >= 4 is 5.91 Å². The molecule has 2 aromatic carbocycles. The number of nitrogens with zero attached hydrogens (tertiary/aromatic N) is 2. The van der Waals surface area contributed by atoms with Crippen molar-refractivity contribution in [2.24, 2.45) is 0 Å². The Bertz CT molecular complexity index is 1030. The summed E-state index contributed by atoms with van der Waals surface area (Å²) < 4.78 is 16.8. The minimum absolute atomic E-state index is 0.0895. The van der Waals surface area contributed by atoms with E-state index in [1.54, 1.807) is 0 Å². The fourth-order valence-electron chi connectivity index (χ4n) is 4.13. The summed E-state index contributed by atoms with van der Waals surface area (Å²) in [6, 6.07) is 18.6. The first-order valence-electron chi connectivity index (χ1n) is 12.0. The first kappa shape index (κ1) is 24.0. The molecule has 2 atom stereocenters. The van der Waals surface area contributed by atoms with E-state index in [1.165, 1.54) is 11.8 Å². The number of benzene rings is 2. The van der Waals surface area contributed by atoms with Crippen molar-refractivity contribution in [2.75, 3.05) is 19.8 Å². The van der Waals surface area contributed by atoms with Gasteiger partial charge in [-0.3, -0.25) is 9.69 Å². The summed E-state index contributed by atoms with van der Waals surface area (Å²) in [5.74, 6) is 1.14. The van der Waals surface area contributed by atoms with Crippen LogP contribution in [0.25, 0.3) is 0 Å². The van der Waals surface area contributed by atoms with Gasteiger partial charge in [-0.25, -0.2) is 4.98 Å². The number of carbonyl (C=O) groups is 1. The Kier molecular flexibility index (Phi) is 8.33. The van der Waals surface area contributed by atoms with Crippen LogP contribution < -0.4 is 10.1 Å². The van der Waals surface area contributed by atoms with Gasteiger partial charge in [0.15, 0.2) is 5.69 Å². The molecule has 7 nitrogen and oxygen atoms in total. The van der Waals surface area contributed by atoms with Gasteiger partial charge < -0.3 is 19.2 Å². The van der Waals surface area contributed by atoms with Gasteiger partial charge in [-0.2, -0.15) is 0 Å². The number of hydrogen-bond acceptors (Lipinski definition) is 6. The van der Waals surface area contributed by atoms with Gasteiger partial charge >= 0.3 is 0 Å². The van der Waals surface area contributed by atoms with Crippen LogP contribution in [0.3, 0.4) is 0 Å². The summed E-state index contributed by atoms with van der Waals surface area (Å²) in [5.41, 5.74) is 2.66. The summed E-state index contributed by atoms with van der Waals surface area (Å²) in [5, 5.41) is 2.90. The zero-order valence-electron chi connectivity index (χ0n) is 19.9. The Morgan fingerprint density at radius 1 is 1.18 bits per heavy atom. The zero-order valence-corrected chi connectivity index (χ0v) is 19.9. The van der Waals surface area contributed by atoms with E-state index in [0.29, 0.717) is 37.8 Å². The zero-order chi connectivity index (χ0) is 23.8. The van der Waals surface area contributed by atoms with Crippen molar-refractivity contribution in [3.05, 3.63) is 83.6 Å². The standard InChI is InChI=1S/C27H33N3O4/c1-3-32-23-13-11-21(12-14-23)17-30(20(2)22-8-5-4-6-9-22)18-26-29-25(19-34-26)27(31)28-16-24-10-7-15-33-24/h4-6,8-9,11-14,19-20,24H,3,7,10,15-18H2,1-2H3,(H,28,31). The Balaban J connectivity index is 1.45. The fraction of sp³-hybridized carbons (Fsp3) is 0.407. The minimum atomic E-state index is -0.236. The lowest BCUT2D eigenvalue weighted by Gasteiger charge is -2.28. The van der Waals surface area contributed by atoms with E-state index in [2.05, 4.69) is 46.4 Å². The van der Waals surface area contributed by atoms with Crippen LogP contribution in [-0.2, 0) is 17.8 Å². The molecule has 0 spiro atoms. The molecule has 3 aromatic rings. The number of carbonyl (C=O) groups excluding carboxylic acids is 1.